The zero-order chi connectivity index (χ0) is 10.3. The number of rotatable bonds is 2. The number of nitrogens with zero attached hydrogens (tertiary/aromatic N) is 2. The van der Waals surface area contributed by atoms with E-state index in [0.717, 1.165) is 0 Å². The summed E-state index contributed by atoms with van der Waals surface area (Å²) >= 11 is 0. The summed E-state index contributed by atoms with van der Waals surface area (Å²) in [7, 11) is 4.49. The Morgan fingerprint density at radius 1 is 0.769 bits per heavy atom. The van der Waals surface area contributed by atoms with Crippen LogP contribution in [-0.2, 0) is 8.92 Å². The van der Waals surface area contributed by atoms with E-state index in [1.165, 1.54) is 0 Å². The summed E-state index contributed by atoms with van der Waals surface area (Å²) in [6.45, 7) is 3.43. The van der Waals surface area contributed by atoms with Crippen LogP contribution in [-0.4, -0.2) is 81.2 Å². The largest absolute Gasteiger partial charge is 0.390 e. The van der Waals surface area contributed by atoms with Crippen molar-refractivity contribution in [2.24, 2.45) is 0 Å². The molecule has 7 heteroatoms. The third-order valence-corrected chi connectivity index (χ3v) is 3.78. The maximum atomic E-state index is 10.3. The van der Waals surface area contributed by atoms with Gasteiger partial charge in [0.2, 0.25) is 0 Å². The first kappa shape index (κ1) is 19.1. The average Bonchev–Trinajstić information content (AvgIpc) is 1.88. The zero-order valence-corrected chi connectivity index (χ0v) is 14.6. The molecule has 0 heterocycles. The van der Waals surface area contributed by atoms with E-state index in [0.29, 0.717) is 0 Å². The fourth-order valence-electron chi connectivity index (χ4n) is 0. The van der Waals surface area contributed by atoms with Crippen LogP contribution in [0.5, 0.6) is 0 Å². The van der Waals surface area contributed by atoms with Crippen molar-refractivity contribution in [1.29, 1.82) is 0 Å². The van der Waals surface area contributed by atoms with Crippen molar-refractivity contribution < 1.29 is 8.92 Å². The summed E-state index contributed by atoms with van der Waals surface area (Å²) < 4.78 is 23.9. The molecule has 0 aromatic rings. The summed E-state index contributed by atoms with van der Waals surface area (Å²) in [6.07, 6.45) is 0. The van der Waals surface area contributed by atoms with Crippen molar-refractivity contribution in [3.63, 3.8) is 0 Å². The van der Waals surface area contributed by atoms with E-state index < -0.39 is 17.7 Å². The van der Waals surface area contributed by atoms with Gasteiger partial charge in [0.1, 0.15) is 0 Å². The van der Waals surface area contributed by atoms with Crippen LogP contribution in [0, 0.1) is 0 Å². The molecular weight excluding hydrogens is 397 g/mol. The van der Waals surface area contributed by atoms with Crippen LogP contribution in [0.4, 0.5) is 0 Å². The third kappa shape index (κ3) is 19.1. The summed E-state index contributed by atoms with van der Waals surface area (Å²) in [6, 6.07) is 0. The van der Waals surface area contributed by atoms with Gasteiger partial charge in [-0.2, -0.15) is 0 Å². The molecule has 0 saturated heterocycles. The molecule has 0 spiro atoms. The predicted molar refractivity (Wildman–Crippen MR) is 57.7 cm³/mol. The first-order chi connectivity index (χ1) is 5.29. The molecule has 0 rings (SSSR count). The Morgan fingerprint density at radius 2 is 0.846 bits per heavy atom. The summed E-state index contributed by atoms with van der Waals surface area (Å²) in [5.41, 5.74) is 0. The van der Waals surface area contributed by atoms with Gasteiger partial charge in [-0.25, -0.2) is 0 Å². The second-order valence-electron chi connectivity index (χ2n) is 2.83. The van der Waals surface area contributed by atoms with Crippen molar-refractivity contribution in [3.8, 4) is 0 Å². The molecule has 0 aromatic carbocycles. The first-order valence-corrected chi connectivity index (χ1v) is 7.36. The number of hydrogen-bond donors (Lipinski definition) is 0. The van der Waals surface area contributed by atoms with E-state index in [1.54, 1.807) is 50.4 Å². The van der Waals surface area contributed by atoms with Crippen molar-refractivity contribution in [2.75, 3.05) is 28.2 Å². The van der Waals surface area contributed by atoms with Crippen molar-refractivity contribution in [1.82, 2.24) is 9.13 Å². The van der Waals surface area contributed by atoms with Gasteiger partial charge in [0.15, 0.2) is 0 Å². The van der Waals surface area contributed by atoms with E-state index in [9.17, 15) is 8.92 Å². The van der Waals surface area contributed by atoms with Crippen LogP contribution in [0.2, 0.25) is 13.1 Å². The topological polar surface area (TPSA) is 40.6 Å². The first-order valence-electron chi connectivity index (χ1n) is 3.64. The molecule has 3 radical (unpaired) electrons. The molecule has 0 bridgehead atoms. The Balaban J connectivity index is -0.000000143. The Labute approximate surface area is 103 Å². The molecule has 0 aliphatic rings. The molecule has 0 aliphatic carbocycles. The molecule has 77 valence electrons. The zero-order valence-electron chi connectivity index (χ0n) is 9.16. The Hall–Kier alpha value is 0.517. The summed E-state index contributed by atoms with van der Waals surface area (Å²) in [4.78, 5) is 0. The Bertz CT molecular complexity index is 147. The van der Waals surface area contributed by atoms with E-state index >= 15 is 0 Å². The Morgan fingerprint density at radius 3 is 0.846 bits per heavy atom. The molecule has 0 N–H and O–H groups in total. The smallest absolute Gasteiger partial charge is 0.383 e. The monoisotopic (exact) mass is 415 g/mol. The predicted octanol–water partition coefficient (Wildman–Crippen LogP) is -0.188. The van der Waals surface area contributed by atoms with E-state index in [4.69, 9.17) is 0 Å². The minimum absolute atomic E-state index is 0. The third-order valence-electron chi connectivity index (χ3n) is 1.26. The molecule has 0 amide bonds. The van der Waals surface area contributed by atoms with Gasteiger partial charge >= 0.3 is 17.7 Å². The van der Waals surface area contributed by atoms with Crippen molar-refractivity contribution in [2.45, 2.75) is 13.1 Å². The minimum atomic E-state index is -1.37. The van der Waals surface area contributed by atoms with Crippen LogP contribution < -0.4 is 0 Å². The van der Waals surface area contributed by atoms with Gasteiger partial charge in [-0.3, -0.25) is 0 Å². The van der Waals surface area contributed by atoms with Crippen LogP contribution in [0.25, 0.3) is 0 Å². The maximum Gasteiger partial charge on any atom is 0.390 e. The van der Waals surface area contributed by atoms with Crippen LogP contribution >= 0.6 is 0 Å². The van der Waals surface area contributed by atoms with Crippen LogP contribution in [0.15, 0.2) is 0 Å². The van der Waals surface area contributed by atoms with E-state index in [2.05, 4.69) is 0 Å². The normalized spacial score (nSPS) is 7.23. The Kier molecular flexibility index (Phi) is 15.6. The standard InChI is InChI=1S/2C3H9NOSi.Bi/c2*1-4(2)6(3)5;/h2*1-3H3;. The molecule has 0 fully saturated rings. The quantitative estimate of drug-likeness (QED) is 0.587. The SMILES string of the molecule is CN(C)[Si](C)=O.CN(C)[Si](C)=O.[Bi]. The molecule has 0 atom stereocenters. The van der Waals surface area contributed by atoms with Gasteiger partial charge < -0.3 is 18.1 Å². The molecule has 4 nitrogen and oxygen atoms in total. The van der Waals surface area contributed by atoms with Gasteiger partial charge in [0.25, 0.3) is 0 Å². The van der Waals surface area contributed by atoms with Gasteiger partial charge in [-0.15, -0.1) is 0 Å². The van der Waals surface area contributed by atoms with Gasteiger partial charge in [0.05, 0.1) is 0 Å². The van der Waals surface area contributed by atoms with Crippen LogP contribution in [0.3, 0.4) is 0 Å². The fraction of sp³-hybridized carbons (Fsp3) is 1.00. The van der Waals surface area contributed by atoms with Crippen LogP contribution in [0.1, 0.15) is 0 Å². The molecule has 0 aliphatic heterocycles. The molecule has 0 aromatic heterocycles. The second-order valence-corrected chi connectivity index (χ2v) is 6.69. The van der Waals surface area contributed by atoms with Crippen molar-refractivity contribution in [3.05, 3.63) is 0 Å². The van der Waals surface area contributed by atoms with Gasteiger partial charge in [-0.05, 0) is 41.3 Å². The summed E-state index contributed by atoms with van der Waals surface area (Å²) in [5.74, 6) is 0. The van der Waals surface area contributed by atoms with E-state index in [-0.39, 0.29) is 26.2 Å². The maximum absolute atomic E-state index is 10.3. The summed E-state index contributed by atoms with van der Waals surface area (Å²) in [5, 5.41) is 0. The van der Waals surface area contributed by atoms with E-state index in [1.807, 2.05) is 0 Å². The molecular formula is C6H18BiN2O2Si2. The number of hydrogen-bond acceptors (Lipinski definition) is 2. The molecule has 0 unspecified atom stereocenters. The minimum Gasteiger partial charge on any atom is -0.383 e. The fourth-order valence-corrected chi connectivity index (χ4v) is 0. The van der Waals surface area contributed by atoms with Gasteiger partial charge in [0, 0.05) is 26.2 Å². The average molecular weight is 415 g/mol. The molecule has 0 saturated carbocycles. The van der Waals surface area contributed by atoms with Crippen molar-refractivity contribution >= 4 is 43.9 Å². The second kappa shape index (κ2) is 10.6. The molecule has 13 heavy (non-hydrogen) atoms. The van der Waals surface area contributed by atoms with Gasteiger partial charge in [-0.1, -0.05) is 0 Å².